The number of benzene rings is 1. The predicted octanol–water partition coefficient (Wildman–Crippen LogP) is 1.87. The summed E-state index contributed by atoms with van der Waals surface area (Å²) in [5.74, 6) is -0.452. The van der Waals surface area contributed by atoms with Crippen LogP contribution in [0, 0.1) is 0 Å². The smallest absolute Gasteiger partial charge is 0.307 e. The van der Waals surface area contributed by atoms with Gasteiger partial charge in [-0.05, 0) is 24.3 Å². The number of ether oxygens (including phenoxy) is 1. The molecule has 2 aromatic rings. The van der Waals surface area contributed by atoms with Gasteiger partial charge in [0.2, 0.25) is 0 Å². The Kier molecular flexibility index (Phi) is 4.30. The molecule has 1 aromatic heterocycles. The molecular formula is C15H16N2O3. The third-order valence-electron chi connectivity index (χ3n) is 3.08. The van der Waals surface area contributed by atoms with Crippen molar-refractivity contribution in [2.75, 3.05) is 20.7 Å². The molecular weight excluding hydrogens is 256 g/mol. The van der Waals surface area contributed by atoms with Crippen molar-refractivity contribution in [3.05, 3.63) is 42.1 Å². The molecule has 0 aliphatic rings. The number of hydrogen-bond acceptors (Lipinski definition) is 4. The molecule has 0 saturated carbocycles. The van der Waals surface area contributed by atoms with Crippen molar-refractivity contribution >= 4 is 22.8 Å². The van der Waals surface area contributed by atoms with Gasteiger partial charge in [0, 0.05) is 30.7 Å². The summed E-state index contributed by atoms with van der Waals surface area (Å²) < 4.78 is 4.56. The van der Waals surface area contributed by atoms with E-state index in [1.165, 1.54) is 12.0 Å². The van der Waals surface area contributed by atoms with Crippen LogP contribution in [0.1, 0.15) is 16.8 Å². The van der Waals surface area contributed by atoms with Gasteiger partial charge in [0.15, 0.2) is 0 Å². The van der Waals surface area contributed by atoms with Gasteiger partial charge in [-0.3, -0.25) is 14.6 Å². The fourth-order valence-corrected chi connectivity index (χ4v) is 1.89. The van der Waals surface area contributed by atoms with Crippen molar-refractivity contribution in [3.8, 4) is 0 Å². The maximum Gasteiger partial charge on any atom is 0.307 e. The van der Waals surface area contributed by atoms with E-state index < -0.39 is 0 Å². The van der Waals surface area contributed by atoms with Gasteiger partial charge in [0.1, 0.15) is 0 Å². The molecule has 0 unspecified atom stereocenters. The number of carbonyl (C=O) groups is 2. The number of fused-ring (bicyclic) bond motifs is 1. The minimum Gasteiger partial charge on any atom is -0.469 e. The van der Waals surface area contributed by atoms with E-state index in [4.69, 9.17) is 0 Å². The summed E-state index contributed by atoms with van der Waals surface area (Å²) in [7, 11) is 3.00. The summed E-state index contributed by atoms with van der Waals surface area (Å²) in [6, 6.07) is 9.10. The Morgan fingerprint density at radius 1 is 1.30 bits per heavy atom. The zero-order valence-corrected chi connectivity index (χ0v) is 11.5. The maximum absolute atomic E-state index is 12.2. The quantitative estimate of drug-likeness (QED) is 0.797. The average molecular weight is 272 g/mol. The second kappa shape index (κ2) is 6.14. The first-order valence-corrected chi connectivity index (χ1v) is 6.29. The van der Waals surface area contributed by atoms with Gasteiger partial charge in [-0.15, -0.1) is 0 Å². The van der Waals surface area contributed by atoms with E-state index in [9.17, 15) is 9.59 Å². The van der Waals surface area contributed by atoms with Crippen molar-refractivity contribution < 1.29 is 14.3 Å². The fourth-order valence-electron chi connectivity index (χ4n) is 1.89. The SMILES string of the molecule is COC(=O)CCN(C)C(=O)c1ccc2ncccc2c1. The van der Waals surface area contributed by atoms with Crippen LogP contribution < -0.4 is 0 Å². The first kappa shape index (κ1) is 14.0. The topological polar surface area (TPSA) is 59.5 Å². The summed E-state index contributed by atoms with van der Waals surface area (Å²) in [6.45, 7) is 0.330. The van der Waals surface area contributed by atoms with Crippen LogP contribution in [0.2, 0.25) is 0 Å². The Morgan fingerprint density at radius 2 is 2.10 bits per heavy atom. The van der Waals surface area contributed by atoms with E-state index in [-0.39, 0.29) is 18.3 Å². The first-order chi connectivity index (χ1) is 9.61. The molecule has 104 valence electrons. The third-order valence-corrected chi connectivity index (χ3v) is 3.08. The van der Waals surface area contributed by atoms with Gasteiger partial charge in [0.25, 0.3) is 5.91 Å². The molecule has 0 spiro atoms. The van der Waals surface area contributed by atoms with Crippen molar-refractivity contribution in [1.82, 2.24) is 9.88 Å². The second-order valence-corrected chi connectivity index (χ2v) is 4.46. The van der Waals surface area contributed by atoms with E-state index in [1.807, 2.05) is 18.2 Å². The molecule has 0 radical (unpaired) electrons. The highest BCUT2D eigenvalue weighted by Crippen LogP contribution is 2.14. The summed E-state index contributed by atoms with van der Waals surface area (Å²) in [4.78, 5) is 29.0. The zero-order chi connectivity index (χ0) is 14.5. The molecule has 0 aliphatic heterocycles. The highest BCUT2D eigenvalue weighted by Gasteiger charge is 2.13. The maximum atomic E-state index is 12.2. The zero-order valence-electron chi connectivity index (χ0n) is 11.5. The summed E-state index contributed by atoms with van der Waals surface area (Å²) in [6.07, 6.45) is 1.90. The summed E-state index contributed by atoms with van der Waals surface area (Å²) in [5.41, 5.74) is 1.43. The Labute approximate surface area is 117 Å². The third kappa shape index (κ3) is 3.12. The number of pyridine rings is 1. The molecule has 0 bridgehead atoms. The van der Waals surface area contributed by atoms with Crippen LogP contribution in [0.5, 0.6) is 0 Å². The van der Waals surface area contributed by atoms with E-state index in [0.717, 1.165) is 10.9 Å². The van der Waals surface area contributed by atoms with Gasteiger partial charge in [0.05, 0.1) is 19.0 Å². The van der Waals surface area contributed by atoms with Crippen LogP contribution in [-0.2, 0) is 9.53 Å². The van der Waals surface area contributed by atoms with Crippen LogP contribution in [0.3, 0.4) is 0 Å². The Morgan fingerprint density at radius 3 is 2.85 bits per heavy atom. The number of amides is 1. The van der Waals surface area contributed by atoms with Crippen molar-refractivity contribution in [1.29, 1.82) is 0 Å². The van der Waals surface area contributed by atoms with Crippen LogP contribution >= 0.6 is 0 Å². The first-order valence-electron chi connectivity index (χ1n) is 6.29. The summed E-state index contributed by atoms with van der Waals surface area (Å²) in [5, 5.41) is 0.916. The highest BCUT2D eigenvalue weighted by molar-refractivity contribution is 5.97. The van der Waals surface area contributed by atoms with Crippen LogP contribution in [-0.4, -0.2) is 42.5 Å². The van der Waals surface area contributed by atoms with Gasteiger partial charge in [-0.2, -0.15) is 0 Å². The normalized spacial score (nSPS) is 10.3. The number of esters is 1. The molecule has 1 heterocycles. The van der Waals surface area contributed by atoms with Gasteiger partial charge in [-0.25, -0.2) is 0 Å². The number of rotatable bonds is 4. The van der Waals surface area contributed by atoms with E-state index in [2.05, 4.69) is 9.72 Å². The average Bonchev–Trinajstić information content (AvgIpc) is 2.50. The summed E-state index contributed by atoms with van der Waals surface area (Å²) >= 11 is 0. The number of carbonyl (C=O) groups excluding carboxylic acids is 2. The molecule has 20 heavy (non-hydrogen) atoms. The van der Waals surface area contributed by atoms with Gasteiger partial charge in [-0.1, -0.05) is 6.07 Å². The Balaban J connectivity index is 2.12. The minimum atomic E-state index is -0.327. The van der Waals surface area contributed by atoms with Crippen molar-refractivity contribution in [3.63, 3.8) is 0 Å². The largest absolute Gasteiger partial charge is 0.469 e. The molecule has 2 rings (SSSR count). The van der Waals surface area contributed by atoms with Crippen molar-refractivity contribution in [2.24, 2.45) is 0 Å². The molecule has 1 aromatic carbocycles. The van der Waals surface area contributed by atoms with E-state index in [0.29, 0.717) is 12.1 Å². The van der Waals surface area contributed by atoms with E-state index >= 15 is 0 Å². The minimum absolute atomic E-state index is 0.125. The lowest BCUT2D eigenvalue weighted by Gasteiger charge is -2.16. The number of nitrogens with zero attached hydrogens (tertiary/aromatic N) is 2. The molecule has 0 atom stereocenters. The highest BCUT2D eigenvalue weighted by atomic mass is 16.5. The van der Waals surface area contributed by atoms with Gasteiger partial charge < -0.3 is 9.64 Å². The van der Waals surface area contributed by atoms with Crippen LogP contribution in [0.4, 0.5) is 0 Å². The molecule has 0 fully saturated rings. The van der Waals surface area contributed by atoms with Crippen LogP contribution in [0.25, 0.3) is 10.9 Å². The number of hydrogen-bond donors (Lipinski definition) is 0. The predicted molar refractivity (Wildman–Crippen MR) is 75.3 cm³/mol. The lowest BCUT2D eigenvalue weighted by atomic mass is 10.1. The molecule has 1 amide bonds. The number of aromatic nitrogens is 1. The van der Waals surface area contributed by atoms with E-state index in [1.54, 1.807) is 25.4 Å². The molecule has 5 nitrogen and oxygen atoms in total. The second-order valence-electron chi connectivity index (χ2n) is 4.46. The van der Waals surface area contributed by atoms with Gasteiger partial charge >= 0.3 is 5.97 Å². The van der Waals surface area contributed by atoms with Crippen molar-refractivity contribution in [2.45, 2.75) is 6.42 Å². The molecule has 0 aliphatic carbocycles. The standard InChI is InChI=1S/C15H16N2O3/c1-17(9-7-14(18)20-2)15(19)12-5-6-13-11(10-12)4-3-8-16-13/h3-6,8,10H,7,9H2,1-2H3. The monoisotopic (exact) mass is 272 g/mol. The lowest BCUT2D eigenvalue weighted by Crippen LogP contribution is -2.29. The Bertz CT molecular complexity index is 640. The molecule has 0 saturated heterocycles. The molecule has 0 N–H and O–H groups in total. The van der Waals surface area contributed by atoms with Crippen LogP contribution in [0.15, 0.2) is 36.5 Å². The Hall–Kier alpha value is -2.43. The lowest BCUT2D eigenvalue weighted by molar-refractivity contribution is -0.140. The number of methoxy groups -OCH3 is 1. The molecule has 5 heteroatoms. The fraction of sp³-hybridized carbons (Fsp3) is 0.267.